The molecule has 2 aliphatic rings. The first-order valence-electron chi connectivity index (χ1n) is 15.2. The summed E-state index contributed by atoms with van der Waals surface area (Å²) in [6.07, 6.45) is 4.57. The fraction of sp³-hybridized carbons (Fsp3) is 0.371. The van der Waals surface area contributed by atoms with E-state index in [9.17, 15) is 35.0 Å². The lowest BCUT2D eigenvalue weighted by Gasteiger charge is -2.36. The van der Waals surface area contributed by atoms with Gasteiger partial charge in [0.1, 0.15) is 5.75 Å². The van der Waals surface area contributed by atoms with E-state index in [1.807, 2.05) is 37.3 Å². The van der Waals surface area contributed by atoms with Crippen LogP contribution in [0.2, 0.25) is 0 Å². The standard InChI is InChI=1S/C35H38N2O7/c1-3-8-23-18-28-33(35(42)36(34(28)41)24-9-7-10-25(19-24)37(43)44)29(20-38)32(23)31(40)15-13-21(4-2)17-22-14-16-30(39)27-12-6-5-11-26(22)27/h5-7,9-12,14,16-17,19,28-29,31,33,38-40H,3-4,8,13,15,18,20H2,1-2H3/b21-17+/t28-,29+,31-,33-/m1/s1. The molecule has 1 saturated heterocycles. The Bertz CT molecular complexity index is 1660. The average molecular weight is 599 g/mol. The predicted octanol–water partition coefficient (Wildman–Crippen LogP) is 6.30. The number of nitro groups is 1. The number of allylic oxidation sites excluding steroid dienone is 2. The van der Waals surface area contributed by atoms with Gasteiger partial charge in [0, 0.05) is 23.4 Å². The molecule has 0 unspecified atom stereocenters. The first-order valence-corrected chi connectivity index (χ1v) is 15.2. The number of phenols is 1. The number of phenolic OH excluding ortho intramolecular Hbond substituents is 1. The van der Waals surface area contributed by atoms with Gasteiger partial charge in [0.05, 0.1) is 35.2 Å². The Morgan fingerprint density at radius 1 is 1.07 bits per heavy atom. The predicted molar refractivity (Wildman–Crippen MR) is 169 cm³/mol. The lowest BCUT2D eigenvalue weighted by Crippen LogP contribution is -2.39. The first-order chi connectivity index (χ1) is 21.2. The van der Waals surface area contributed by atoms with E-state index in [0.29, 0.717) is 31.3 Å². The Labute approximate surface area is 256 Å². The molecule has 2 amide bonds. The number of aromatic hydroxyl groups is 1. The fourth-order valence-corrected chi connectivity index (χ4v) is 6.98. The Kier molecular flexibility index (Phi) is 9.27. The minimum Gasteiger partial charge on any atom is -0.507 e. The number of fused-ring (bicyclic) bond motifs is 2. The first kappa shape index (κ1) is 31.1. The van der Waals surface area contributed by atoms with Crippen LogP contribution >= 0.6 is 0 Å². The molecule has 1 aliphatic heterocycles. The zero-order chi connectivity index (χ0) is 31.5. The summed E-state index contributed by atoms with van der Waals surface area (Å²) in [5.41, 5.74) is 3.53. The Balaban J connectivity index is 1.42. The number of carbonyl (C=O) groups is 2. The second-order valence-electron chi connectivity index (χ2n) is 11.7. The maximum Gasteiger partial charge on any atom is 0.271 e. The van der Waals surface area contributed by atoms with Crippen molar-refractivity contribution in [1.29, 1.82) is 0 Å². The highest BCUT2D eigenvalue weighted by Gasteiger charge is 2.55. The highest BCUT2D eigenvalue weighted by molar-refractivity contribution is 6.22. The summed E-state index contributed by atoms with van der Waals surface area (Å²) in [5.74, 6) is -3.02. The van der Waals surface area contributed by atoms with Crippen LogP contribution in [0.3, 0.4) is 0 Å². The lowest BCUT2D eigenvalue weighted by molar-refractivity contribution is -0.384. The van der Waals surface area contributed by atoms with Gasteiger partial charge < -0.3 is 15.3 Å². The van der Waals surface area contributed by atoms with E-state index in [1.54, 1.807) is 6.07 Å². The van der Waals surface area contributed by atoms with Crippen LogP contribution in [0.15, 0.2) is 77.4 Å². The summed E-state index contributed by atoms with van der Waals surface area (Å²) in [7, 11) is 0. The molecule has 0 spiro atoms. The Hall–Kier alpha value is -4.34. The van der Waals surface area contributed by atoms with Crippen LogP contribution in [0.25, 0.3) is 16.8 Å². The van der Waals surface area contributed by atoms with Gasteiger partial charge >= 0.3 is 0 Å². The number of benzene rings is 3. The maximum absolute atomic E-state index is 13.8. The molecule has 5 rings (SSSR count). The van der Waals surface area contributed by atoms with Crippen molar-refractivity contribution in [2.24, 2.45) is 17.8 Å². The molecule has 0 radical (unpaired) electrons. The number of anilines is 1. The monoisotopic (exact) mass is 598 g/mol. The maximum atomic E-state index is 13.8. The number of hydrogen-bond acceptors (Lipinski definition) is 7. The molecule has 230 valence electrons. The summed E-state index contributed by atoms with van der Waals surface area (Å²) >= 11 is 0. The van der Waals surface area contributed by atoms with E-state index < -0.39 is 47.2 Å². The van der Waals surface area contributed by atoms with Crippen molar-refractivity contribution in [2.75, 3.05) is 11.5 Å². The fourth-order valence-electron chi connectivity index (χ4n) is 6.98. The van der Waals surface area contributed by atoms with Gasteiger partial charge in [-0.25, -0.2) is 4.90 Å². The van der Waals surface area contributed by atoms with Crippen molar-refractivity contribution in [2.45, 2.75) is 58.5 Å². The van der Waals surface area contributed by atoms with Crippen molar-refractivity contribution in [3.63, 3.8) is 0 Å². The Morgan fingerprint density at radius 3 is 2.50 bits per heavy atom. The van der Waals surface area contributed by atoms with Gasteiger partial charge in [-0.1, -0.05) is 73.9 Å². The number of carbonyl (C=O) groups excluding carboxylic acids is 2. The molecule has 0 aromatic heterocycles. The van der Waals surface area contributed by atoms with Gasteiger partial charge in [-0.3, -0.25) is 19.7 Å². The Morgan fingerprint density at radius 2 is 1.82 bits per heavy atom. The zero-order valence-corrected chi connectivity index (χ0v) is 25.0. The number of imide groups is 1. The van der Waals surface area contributed by atoms with Gasteiger partial charge in [-0.05, 0) is 60.8 Å². The van der Waals surface area contributed by atoms with E-state index >= 15 is 0 Å². The number of aliphatic hydroxyl groups is 2. The van der Waals surface area contributed by atoms with Gasteiger partial charge in [-0.2, -0.15) is 0 Å². The quantitative estimate of drug-likeness (QED) is 0.102. The van der Waals surface area contributed by atoms with Gasteiger partial charge in [-0.15, -0.1) is 0 Å². The van der Waals surface area contributed by atoms with Crippen molar-refractivity contribution in [1.82, 2.24) is 0 Å². The smallest absolute Gasteiger partial charge is 0.271 e. The number of non-ortho nitro benzene ring substituents is 1. The zero-order valence-electron chi connectivity index (χ0n) is 25.0. The number of amides is 2. The van der Waals surface area contributed by atoms with E-state index in [1.165, 1.54) is 24.3 Å². The summed E-state index contributed by atoms with van der Waals surface area (Å²) < 4.78 is 0. The number of nitro benzene ring substituents is 1. The molecule has 0 bridgehead atoms. The summed E-state index contributed by atoms with van der Waals surface area (Å²) in [6, 6.07) is 16.7. The van der Waals surface area contributed by atoms with Gasteiger partial charge in [0.15, 0.2) is 0 Å². The van der Waals surface area contributed by atoms with E-state index in [4.69, 9.17) is 0 Å². The molecule has 3 aromatic rings. The highest BCUT2D eigenvalue weighted by Crippen LogP contribution is 2.48. The number of hydrogen-bond donors (Lipinski definition) is 3. The third-order valence-electron chi connectivity index (χ3n) is 9.08. The van der Waals surface area contributed by atoms with E-state index in [-0.39, 0.29) is 17.1 Å². The second kappa shape index (κ2) is 13.1. The lowest BCUT2D eigenvalue weighted by atomic mass is 9.67. The highest BCUT2D eigenvalue weighted by atomic mass is 16.6. The summed E-state index contributed by atoms with van der Waals surface area (Å²) in [6.45, 7) is 3.65. The normalized spacial score (nSPS) is 21.2. The minimum atomic E-state index is -0.920. The largest absolute Gasteiger partial charge is 0.507 e. The van der Waals surface area contributed by atoms with Crippen LogP contribution in [-0.2, 0) is 9.59 Å². The van der Waals surface area contributed by atoms with E-state index in [0.717, 1.165) is 45.2 Å². The van der Waals surface area contributed by atoms with Crippen LogP contribution in [-0.4, -0.2) is 44.8 Å². The minimum absolute atomic E-state index is 0.138. The molecule has 0 saturated carbocycles. The van der Waals surface area contributed by atoms with Gasteiger partial charge in [0.2, 0.25) is 11.8 Å². The van der Waals surface area contributed by atoms with Crippen molar-refractivity contribution in [3.8, 4) is 5.75 Å². The topological polar surface area (TPSA) is 141 Å². The van der Waals surface area contributed by atoms with Crippen molar-refractivity contribution < 1.29 is 29.8 Å². The van der Waals surface area contributed by atoms with Gasteiger partial charge in [0.25, 0.3) is 5.69 Å². The van der Waals surface area contributed by atoms with Crippen molar-refractivity contribution >= 4 is 40.0 Å². The molecule has 9 nitrogen and oxygen atoms in total. The molecule has 1 fully saturated rings. The molecule has 1 heterocycles. The molecule has 3 N–H and O–H groups in total. The summed E-state index contributed by atoms with van der Waals surface area (Å²) in [5, 5.41) is 45.6. The van der Waals surface area contributed by atoms with Crippen LogP contribution in [0.1, 0.15) is 57.9 Å². The third-order valence-corrected chi connectivity index (χ3v) is 9.08. The molecule has 44 heavy (non-hydrogen) atoms. The molecule has 9 heteroatoms. The van der Waals surface area contributed by atoms with Crippen molar-refractivity contribution in [3.05, 3.63) is 93.1 Å². The number of rotatable bonds is 11. The molecular formula is C35H38N2O7. The average Bonchev–Trinajstić information content (AvgIpc) is 3.28. The van der Waals surface area contributed by atoms with Crippen LogP contribution in [0, 0.1) is 27.9 Å². The SMILES string of the molecule is CCCC1=C([C@H](O)CC/C(=C/c2ccc(O)c3ccccc23)CC)[C@H](CO)[C@@H]2C(=O)N(c3cccc([N+](=O)[O-])c3)C(=O)[C@@H]2C1. The number of aliphatic hydroxyl groups excluding tert-OH is 2. The molecular weight excluding hydrogens is 560 g/mol. The second-order valence-corrected chi connectivity index (χ2v) is 11.7. The van der Waals surface area contributed by atoms with E-state index in [2.05, 4.69) is 13.0 Å². The van der Waals surface area contributed by atoms with Crippen LogP contribution in [0.4, 0.5) is 11.4 Å². The molecule has 1 aliphatic carbocycles. The molecule has 4 atom stereocenters. The summed E-state index contributed by atoms with van der Waals surface area (Å²) in [4.78, 5) is 39.2. The van der Waals surface area contributed by atoms with Crippen LogP contribution < -0.4 is 4.90 Å². The van der Waals surface area contributed by atoms with Crippen LogP contribution in [0.5, 0.6) is 5.75 Å². The third kappa shape index (κ3) is 5.77. The number of nitrogens with zero attached hydrogens (tertiary/aromatic N) is 2. The molecule has 3 aromatic carbocycles.